The third-order valence-electron chi connectivity index (χ3n) is 3.58. The van der Waals surface area contributed by atoms with E-state index in [0.29, 0.717) is 6.42 Å². The number of nitrogens with zero attached hydrogens (tertiary/aromatic N) is 1. The molecule has 3 heteroatoms. The molecule has 0 bridgehead atoms. The van der Waals surface area contributed by atoms with Crippen LogP contribution < -0.4 is 0 Å². The fraction of sp³-hybridized carbons (Fsp3) is 0.263. The number of hydrogen-bond donors (Lipinski definition) is 0. The lowest BCUT2D eigenvalue weighted by Gasteiger charge is -2.04. The Morgan fingerprint density at radius 2 is 1.55 bits per heavy atom. The Morgan fingerprint density at radius 1 is 1.00 bits per heavy atom. The smallest absolute Gasteiger partial charge is 0.162 e. The number of hydrogen-bond acceptors (Lipinski definition) is 1. The van der Waals surface area contributed by atoms with Crippen molar-refractivity contribution in [2.45, 2.75) is 19.3 Å². The van der Waals surface area contributed by atoms with Crippen molar-refractivity contribution in [3.8, 4) is 11.1 Å². The van der Waals surface area contributed by atoms with Crippen molar-refractivity contribution in [2.24, 2.45) is 0 Å². The van der Waals surface area contributed by atoms with Crippen LogP contribution in [0.2, 0.25) is 0 Å². The number of halogens is 1. The van der Waals surface area contributed by atoms with Gasteiger partial charge in [-0.05, 0) is 29.7 Å². The number of Topliss-reactive ketones (excluding diaryl/α,β-unsaturated/α-hetero) is 1. The van der Waals surface area contributed by atoms with E-state index in [2.05, 4.69) is 34.8 Å². The summed E-state index contributed by atoms with van der Waals surface area (Å²) in [6.45, 7) is 4.73. The quantitative estimate of drug-likeness (QED) is 0.301. The van der Waals surface area contributed by atoms with E-state index >= 15 is 0 Å². The van der Waals surface area contributed by atoms with Crippen molar-refractivity contribution in [3.05, 3.63) is 58.6 Å². The van der Waals surface area contributed by atoms with Crippen LogP contribution in [0.5, 0.6) is 0 Å². The van der Waals surface area contributed by atoms with Gasteiger partial charge < -0.3 is 0 Å². The second kappa shape index (κ2) is 8.04. The van der Waals surface area contributed by atoms with Crippen LogP contribution in [0.3, 0.4) is 0 Å². The van der Waals surface area contributed by atoms with E-state index in [4.69, 9.17) is 0 Å². The summed E-state index contributed by atoms with van der Waals surface area (Å²) in [6.07, 6.45) is 2.52. The molecule has 0 aliphatic carbocycles. The Morgan fingerprint density at radius 3 is 2.09 bits per heavy atom. The van der Waals surface area contributed by atoms with Gasteiger partial charge >= 0.3 is 0 Å². The van der Waals surface area contributed by atoms with Crippen LogP contribution in [0, 0.1) is 0 Å². The fourth-order valence-corrected chi connectivity index (χ4v) is 2.57. The van der Waals surface area contributed by atoms with Crippen molar-refractivity contribution < 1.29 is 9.37 Å². The molecule has 0 saturated heterocycles. The predicted octanol–water partition coefficient (Wildman–Crippen LogP) is 4.81. The van der Waals surface area contributed by atoms with Gasteiger partial charge in [-0.1, -0.05) is 52.3 Å². The van der Waals surface area contributed by atoms with E-state index in [1.807, 2.05) is 48.0 Å². The van der Waals surface area contributed by atoms with Crippen LogP contribution in [-0.2, 0) is 0 Å². The zero-order chi connectivity index (χ0) is 15.9. The maximum atomic E-state index is 12.1. The molecule has 0 aromatic heterocycles. The molecule has 0 unspecified atom stereocenters. The number of rotatable bonds is 7. The van der Waals surface area contributed by atoms with Gasteiger partial charge in [0.1, 0.15) is 20.3 Å². The van der Waals surface area contributed by atoms with Gasteiger partial charge in [0.2, 0.25) is 0 Å². The summed E-state index contributed by atoms with van der Waals surface area (Å²) in [5, 5.41) is 0. The van der Waals surface area contributed by atoms with Gasteiger partial charge in [0.05, 0.1) is 0 Å². The van der Waals surface area contributed by atoms with Crippen LogP contribution >= 0.6 is 15.9 Å². The van der Waals surface area contributed by atoms with Crippen LogP contribution in [0.25, 0.3) is 11.1 Å². The SMILES string of the molecule is C=[N+](C)CCCCC(=O)c1ccc(-c2ccc(Br)cc2)cc1. The number of carbonyl (C=O) groups excluding carboxylic acids is 1. The molecule has 2 rings (SSSR count). The van der Waals surface area contributed by atoms with Gasteiger partial charge in [-0.3, -0.25) is 4.79 Å². The van der Waals surface area contributed by atoms with E-state index in [-0.39, 0.29) is 5.78 Å². The lowest BCUT2D eigenvalue weighted by molar-refractivity contribution is -0.488. The lowest BCUT2D eigenvalue weighted by Crippen LogP contribution is -2.05. The Hall–Kier alpha value is -1.74. The Kier molecular flexibility index (Phi) is 6.08. The summed E-state index contributed by atoms with van der Waals surface area (Å²) in [6, 6.07) is 16.1. The molecule has 114 valence electrons. The van der Waals surface area contributed by atoms with Gasteiger partial charge in [0, 0.05) is 22.9 Å². The molecule has 0 spiro atoms. The molecule has 0 N–H and O–H groups in total. The van der Waals surface area contributed by atoms with Crippen LogP contribution in [0.1, 0.15) is 29.6 Å². The summed E-state index contributed by atoms with van der Waals surface area (Å²) in [5.41, 5.74) is 3.08. The molecule has 0 radical (unpaired) electrons. The summed E-state index contributed by atoms with van der Waals surface area (Å²) < 4.78 is 2.97. The van der Waals surface area contributed by atoms with E-state index in [1.165, 1.54) is 0 Å². The highest BCUT2D eigenvalue weighted by atomic mass is 79.9. The molecular weight excluding hydrogens is 338 g/mol. The highest BCUT2D eigenvalue weighted by molar-refractivity contribution is 9.10. The highest BCUT2D eigenvalue weighted by Crippen LogP contribution is 2.22. The standard InChI is InChI=1S/C19H21BrNO/c1-21(2)14-4-3-5-19(22)17-8-6-15(7-9-17)16-10-12-18(20)13-11-16/h6-13H,1,3-5,14H2,2H3/q+1. The van der Waals surface area contributed by atoms with Gasteiger partial charge in [0.25, 0.3) is 0 Å². The average molecular weight is 359 g/mol. The molecule has 2 nitrogen and oxygen atoms in total. The first-order valence-corrected chi connectivity index (χ1v) is 8.26. The monoisotopic (exact) mass is 358 g/mol. The van der Waals surface area contributed by atoms with Crippen molar-refractivity contribution in [3.63, 3.8) is 0 Å². The average Bonchev–Trinajstić information content (AvgIpc) is 2.52. The third-order valence-corrected chi connectivity index (χ3v) is 4.11. The van der Waals surface area contributed by atoms with E-state index in [1.54, 1.807) is 0 Å². The van der Waals surface area contributed by atoms with Crippen molar-refractivity contribution in [1.82, 2.24) is 0 Å². The number of carbonyl (C=O) groups is 1. The summed E-state index contributed by atoms with van der Waals surface area (Å²) in [7, 11) is 1.95. The second-order valence-electron chi connectivity index (χ2n) is 5.54. The highest BCUT2D eigenvalue weighted by Gasteiger charge is 2.07. The molecule has 0 amide bonds. The number of unbranched alkanes of at least 4 members (excludes halogenated alkanes) is 1. The molecule has 2 aromatic rings. The lowest BCUT2D eigenvalue weighted by atomic mass is 10.0. The molecule has 0 atom stereocenters. The molecule has 0 aliphatic rings. The molecule has 22 heavy (non-hydrogen) atoms. The fourth-order valence-electron chi connectivity index (χ4n) is 2.30. The minimum atomic E-state index is 0.217. The molecule has 0 saturated carbocycles. The Labute approximate surface area is 140 Å². The largest absolute Gasteiger partial charge is 0.294 e. The van der Waals surface area contributed by atoms with E-state index in [9.17, 15) is 4.79 Å². The summed E-state index contributed by atoms with van der Waals surface area (Å²) >= 11 is 3.44. The normalized spacial score (nSPS) is 10.5. The Bertz CT molecular complexity index is 644. The van der Waals surface area contributed by atoms with Crippen LogP contribution in [0.4, 0.5) is 0 Å². The Balaban J connectivity index is 1.95. The van der Waals surface area contributed by atoms with Crippen molar-refractivity contribution in [1.29, 1.82) is 0 Å². The van der Waals surface area contributed by atoms with E-state index in [0.717, 1.165) is 40.5 Å². The van der Waals surface area contributed by atoms with Crippen LogP contribution in [-0.4, -0.2) is 30.7 Å². The number of ketones is 1. The minimum Gasteiger partial charge on any atom is -0.294 e. The van der Waals surface area contributed by atoms with Crippen LogP contribution in [0.15, 0.2) is 53.0 Å². The summed E-state index contributed by atoms with van der Waals surface area (Å²) in [5.74, 6) is 0.217. The molecule has 0 heterocycles. The topological polar surface area (TPSA) is 20.1 Å². The molecule has 0 fully saturated rings. The molecule has 0 aliphatic heterocycles. The third kappa shape index (κ3) is 4.92. The van der Waals surface area contributed by atoms with Gasteiger partial charge in [-0.2, -0.15) is 0 Å². The van der Waals surface area contributed by atoms with Gasteiger partial charge in [0.15, 0.2) is 5.78 Å². The molecule has 2 aromatic carbocycles. The number of benzene rings is 2. The predicted molar refractivity (Wildman–Crippen MR) is 95.9 cm³/mol. The zero-order valence-corrected chi connectivity index (χ0v) is 14.5. The van der Waals surface area contributed by atoms with Gasteiger partial charge in [-0.15, -0.1) is 0 Å². The summed E-state index contributed by atoms with van der Waals surface area (Å²) in [4.78, 5) is 12.1. The minimum absolute atomic E-state index is 0.217. The second-order valence-corrected chi connectivity index (χ2v) is 6.46. The van der Waals surface area contributed by atoms with E-state index < -0.39 is 0 Å². The first-order chi connectivity index (χ1) is 10.6. The van der Waals surface area contributed by atoms with Crippen molar-refractivity contribution in [2.75, 3.05) is 13.6 Å². The van der Waals surface area contributed by atoms with Crippen molar-refractivity contribution >= 4 is 28.4 Å². The molecular formula is C19H21BrNO+. The first kappa shape index (κ1) is 16.6. The zero-order valence-electron chi connectivity index (χ0n) is 12.9. The maximum Gasteiger partial charge on any atom is 0.162 e. The van der Waals surface area contributed by atoms with Gasteiger partial charge in [-0.25, -0.2) is 4.58 Å². The maximum absolute atomic E-state index is 12.1. The first-order valence-electron chi connectivity index (χ1n) is 7.47.